The summed E-state index contributed by atoms with van der Waals surface area (Å²) in [5, 5.41) is 6.51. The molecule has 2 rings (SSSR count). The number of rotatable bonds is 11. The predicted octanol–water partition coefficient (Wildman–Crippen LogP) is 1.30. The van der Waals surface area contributed by atoms with E-state index in [9.17, 15) is 8.42 Å². The van der Waals surface area contributed by atoms with Crippen molar-refractivity contribution in [2.24, 2.45) is 4.99 Å². The highest BCUT2D eigenvalue weighted by molar-refractivity contribution is 7.89. The molecule has 1 saturated heterocycles. The largest absolute Gasteiger partial charge is 0.468 e. The summed E-state index contributed by atoms with van der Waals surface area (Å²) in [6.45, 7) is 8.25. The van der Waals surface area contributed by atoms with Gasteiger partial charge in [0.15, 0.2) is 5.96 Å². The fraction of sp³-hybridized carbons (Fsp3) is 0.722. The third kappa shape index (κ3) is 7.51. The molecule has 0 spiro atoms. The summed E-state index contributed by atoms with van der Waals surface area (Å²) in [6, 6.07) is 4.08. The van der Waals surface area contributed by atoms with Crippen molar-refractivity contribution in [2.75, 3.05) is 45.0 Å². The van der Waals surface area contributed by atoms with Crippen LogP contribution in [0.1, 0.15) is 44.9 Å². The Labute approximate surface area is 162 Å². The Kier molecular flexibility index (Phi) is 9.09. The van der Waals surface area contributed by atoms with E-state index in [1.807, 2.05) is 19.1 Å². The van der Waals surface area contributed by atoms with Gasteiger partial charge in [0.25, 0.3) is 0 Å². The Balaban J connectivity index is 1.86. The minimum Gasteiger partial charge on any atom is -0.468 e. The summed E-state index contributed by atoms with van der Waals surface area (Å²) in [5.74, 6) is 1.80. The SMILES string of the molecule is CCNC(=NCC(c1ccco1)N1CCCC1)NCCCNS(=O)(=O)CC. The fourth-order valence-electron chi connectivity index (χ4n) is 3.06. The molecular weight excluding hydrogens is 366 g/mol. The third-order valence-corrected chi connectivity index (χ3v) is 5.97. The molecule has 1 aliphatic rings. The standard InChI is InChI=1S/C18H33N5O3S/c1-3-19-18(20-10-8-11-22-27(24,25)4-2)21-15-16(17-9-7-14-26-17)23-12-5-6-13-23/h7,9,14,16,22H,3-6,8,10-13,15H2,1-2H3,(H2,19,20,21). The molecule has 0 saturated carbocycles. The molecular formula is C18H33N5O3S. The van der Waals surface area contributed by atoms with E-state index >= 15 is 0 Å². The number of hydrogen-bond acceptors (Lipinski definition) is 5. The van der Waals surface area contributed by atoms with E-state index in [-0.39, 0.29) is 11.8 Å². The molecule has 1 aromatic heterocycles. The molecule has 0 radical (unpaired) electrons. The summed E-state index contributed by atoms with van der Waals surface area (Å²) < 4.78 is 31.1. The maximum absolute atomic E-state index is 11.4. The first-order valence-corrected chi connectivity index (χ1v) is 11.5. The Morgan fingerprint density at radius 3 is 2.67 bits per heavy atom. The molecule has 1 aliphatic heterocycles. The Bertz CT molecular complexity index is 655. The zero-order valence-corrected chi connectivity index (χ0v) is 17.2. The normalized spacial score (nSPS) is 17.2. The van der Waals surface area contributed by atoms with Crippen LogP contribution in [0.15, 0.2) is 27.8 Å². The van der Waals surface area contributed by atoms with Crippen LogP contribution < -0.4 is 15.4 Å². The van der Waals surface area contributed by atoms with Gasteiger partial charge in [-0.15, -0.1) is 0 Å². The molecule has 0 aliphatic carbocycles. The molecule has 0 bridgehead atoms. The van der Waals surface area contributed by atoms with Crippen molar-refractivity contribution in [2.45, 2.75) is 39.2 Å². The van der Waals surface area contributed by atoms with Crippen LogP contribution in [0.2, 0.25) is 0 Å². The van der Waals surface area contributed by atoms with Gasteiger partial charge in [-0.2, -0.15) is 0 Å². The lowest BCUT2D eigenvalue weighted by Gasteiger charge is -2.24. The van der Waals surface area contributed by atoms with Crippen LogP contribution in [-0.4, -0.2) is 64.3 Å². The van der Waals surface area contributed by atoms with Crippen molar-refractivity contribution in [3.05, 3.63) is 24.2 Å². The monoisotopic (exact) mass is 399 g/mol. The van der Waals surface area contributed by atoms with Crippen LogP contribution in [0, 0.1) is 0 Å². The van der Waals surface area contributed by atoms with E-state index in [2.05, 4.69) is 20.3 Å². The molecule has 1 fully saturated rings. The highest BCUT2D eigenvalue weighted by atomic mass is 32.2. The van der Waals surface area contributed by atoms with Crippen LogP contribution in [0.4, 0.5) is 0 Å². The maximum Gasteiger partial charge on any atom is 0.211 e. The molecule has 1 unspecified atom stereocenters. The van der Waals surface area contributed by atoms with Crippen molar-refractivity contribution in [3.8, 4) is 0 Å². The highest BCUT2D eigenvalue weighted by Crippen LogP contribution is 2.25. The number of hydrogen-bond donors (Lipinski definition) is 3. The third-order valence-electron chi connectivity index (χ3n) is 4.57. The van der Waals surface area contributed by atoms with Gasteiger partial charge < -0.3 is 15.1 Å². The van der Waals surface area contributed by atoms with Gasteiger partial charge in [-0.05, 0) is 58.3 Å². The van der Waals surface area contributed by atoms with Crippen molar-refractivity contribution >= 4 is 16.0 Å². The Morgan fingerprint density at radius 2 is 2.04 bits per heavy atom. The van der Waals surface area contributed by atoms with E-state index in [1.54, 1.807) is 13.2 Å². The number of likely N-dealkylation sites (tertiary alicyclic amines) is 1. The molecule has 2 heterocycles. The average molecular weight is 400 g/mol. The summed E-state index contributed by atoms with van der Waals surface area (Å²) in [6.07, 6.45) is 4.83. The lowest BCUT2D eigenvalue weighted by Crippen LogP contribution is -2.39. The highest BCUT2D eigenvalue weighted by Gasteiger charge is 2.25. The Morgan fingerprint density at radius 1 is 1.26 bits per heavy atom. The lowest BCUT2D eigenvalue weighted by molar-refractivity contribution is 0.221. The number of sulfonamides is 1. The number of furan rings is 1. The zero-order valence-electron chi connectivity index (χ0n) is 16.4. The first-order chi connectivity index (χ1) is 13.1. The second-order valence-corrected chi connectivity index (χ2v) is 8.67. The molecule has 1 aromatic rings. The van der Waals surface area contributed by atoms with E-state index < -0.39 is 10.0 Å². The number of guanidine groups is 1. The maximum atomic E-state index is 11.4. The first-order valence-electron chi connectivity index (χ1n) is 9.82. The minimum absolute atomic E-state index is 0.106. The van der Waals surface area contributed by atoms with Gasteiger partial charge in [0, 0.05) is 19.6 Å². The topological polar surface area (TPSA) is 99.0 Å². The second kappa shape index (κ2) is 11.3. The number of aliphatic imine (C=N–C) groups is 1. The molecule has 1 atom stereocenters. The van der Waals surface area contributed by atoms with E-state index in [4.69, 9.17) is 9.41 Å². The smallest absolute Gasteiger partial charge is 0.211 e. The minimum atomic E-state index is -3.13. The number of nitrogens with zero attached hydrogens (tertiary/aromatic N) is 2. The predicted molar refractivity (Wildman–Crippen MR) is 108 cm³/mol. The van der Waals surface area contributed by atoms with Gasteiger partial charge in [0.2, 0.25) is 10.0 Å². The number of nitrogens with one attached hydrogen (secondary N) is 3. The summed E-state index contributed by atoms with van der Waals surface area (Å²) >= 11 is 0. The fourth-order valence-corrected chi connectivity index (χ4v) is 3.72. The van der Waals surface area contributed by atoms with Crippen molar-refractivity contribution in [3.63, 3.8) is 0 Å². The van der Waals surface area contributed by atoms with Gasteiger partial charge >= 0.3 is 0 Å². The van der Waals surface area contributed by atoms with E-state index in [0.29, 0.717) is 26.1 Å². The van der Waals surface area contributed by atoms with E-state index in [1.165, 1.54) is 12.8 Å². The first kappa shape index (κ1) is 21.7. The van der Waals surface area contributed by atoms with Gasteiger partial charge in [-0.25, -0.2) is 13.1 Å². The van der Waals surface area contributed by atoms with Gasteiger partial charge in [0.05, 0.1) is 24.6 Å². The van der Waals surface area contributed by atoms with Crippen molar-refractivity contribution in [1.29, 1.82) is 0 Å². The second-order valence-electron chi connectivity index (χ2n) is 6.57. The molecule has 3 N–H and O–H groups in total. The quantitative estimate of drug-likeness (QED) is 0.295. The summed E-state index contributed by atoms with van der Waals surface area (Å²) in [4.78, 5) is 7.15. The summed E-state index contributed by atoms with van der Waals surface area (Å²) in [7, 11) is -3.13. The molecule has 0 aromatic carbocycles. The van der Waals surface area contributed by atoms with Crippen LogP contribution in [0.5, 0.6) is 0 Å². The van der Waals surface area contributed by atoms with Crippen LogP contribution in [-0.2, 0) is 10.0 Å². The van der Waals surface area contributed by atoms with Crippen molar-refractivity contribution in [1.82, 2.24) is 20.3 Å². The van der Waals surface area contributed by atoms with Crippen LogP contribution in [0.3, 0.4) is 0 Å². The molecule has 9 heteroatoms. The molecule has 154 valence electrons. The van der Waals surface area contributed by atoms with Crippen molar-refractivity contribution < 1.29 is 12.8 Å². The average Bonchev–Trinajstić information content (AvgIpc) is 3.36. The van der Waals surface area contributed by atoms with Crippen LogP contribution >= 0.6 is 0 Å². The van der Waals surface area contributed by atoms with Gasteiger partial charge in [-0.3, -0.25) is 9.89 Å². The molecule has 0 amide bonds. The summed E-state index contributed by atoms with van der Waals surface area (Å²) in [5.41, 5.74) is 0. The van der Waals surface area contributed by atoms with E-state index in [0.717, 1.165) is 31.4 Å². The molecule has 8 nitrogen and oxygen atoms in total. The van der Waals surface area contributed by atoms with Gasteiger partial charge in [-0.1, -0.05) is 0 Å². The Hall–Kier alpha value is -1.58. The van der Waals surface area contributed by atoms with Gasteiger partial charge in [0.1, 0.15) is 5.76 Å². The van der Waals surface area contributed by atoms with Crippen LogP contribution in [0.25, 0.3) is 0 Å². The molecule has 27 heavy (non-hydrogen) atoms. The lowest BCUT2D eigenvalue weighted by atomic mass is 10.2. The zero-order chi connectivity index (χ0) is 19.5.